The van der Waals surface area contributed by atoms with Gasteiger partial charge in [0.2, 0.25) is 5.95 Å². The fourth-order valence-electron chi connectivity index (χ4n) is 5.72. The Bertz CT molecular complexity index is 1550. The molecule has 0 bridgehead atoms. The molecule has 4 heterocycles. The Balaban J connectivity index is 1.43. The molecular formula is C29H35N7O. The molecule has 1 fully saturated rings. The van der Waals surface area contributed by atoms with Crippen LogP contribution in [0.25, 0.3) is 16.7 Å². The minimum absolute atomic E-state index is 0.0579. The average Bonchev–Trinajstić information content (AvgIpc) is 3.14. The van der Waals surface area contributed by atoms with Gasteiger partial charge in [-0.15, -0.1) is 0 Å². The lowest BCUT2D eigenvalue weighted by Gasteiger charge is -2.47. The summed E-state index contributed by atoms with van der Waals surface area (Å²) < 4.78 is 3.65. The van der Waals surface area contributed by atoms with E-state index >= 15 is 0 Å². The van der Waals surface area contributed by atoms with E-state index in [4.69, 9.17) is 4.98 Å². The molecule has 1 spiro atoms. The summed E-state index contributed by atoms with van der Waals surface area (Å²) in [6.45, 7) is 11.4. The van der Waals surface area contributed by atoms with E-state index in [1.807, 2.05) is 30.7 Å². The molecule has 1 aromatic carbocycles. The maximum Gasteiger partial charge on any atom is 0.278 e. The Labute approximate surface area is 217 Å². The van der Waals surface area contributed by atoms with Gasteiger partial charge < -0.3 is 10.6 Å². The highest BCUT2D eigenvalue weighted by Gasteiger charge is 2.41. The molecule has 0 unspecified atom stereocenters. The van der Waals surface area contributed by atoms with Crippen LogP contribution in [0.5, 0.6) is 0 Å². The summed E-state index contributed by atoms with van der Waals surface area (Å²) >= 11 is 0. The largest absolute Gasteiger partial charge is 0.324 e. The van der Waals surface area contributed by atoms with Crippen molar-refractivity contribution in [2.24, 2.45) is 0 Å². The van der Waals surface area contributed by atoms with E-state index in [9.17, 15) is 4.79 Å². The lowest BCUT2D eigenvalue weighted by atomic mass is 9.68. The predicted molar refractivity (Wildman–Crippen MR) is 147 cm³/mol. The summed E-state index contributed by atoms with van der Waals surface area (Å²) in [6.07, 6.45) is 8.16. The standard InChI is InChI=1S/C29H35N7O/c1-18(2)35-26(37)22-17-31-27(34-25(22)36(35)21-10-13-30-24(16-21)28(3,4)5)33-20-7-8-23-19(15-20)9-14-32-29(23)11-6-12-29/h7-8,10,13,15-18,32H,6,9,11-12,14H2,1-5H3,(H,31,33,34). The van der Waals surface area contributed by atoms with Gasteiger partial charge in [0.15, 0.2) is 5.65 Å². The molecule has 192 valence electrons. The van der Waals surface area contributed by atoms with Crippen molar-refractivity contribution in [3.05, 3.63) is 69.9 Å². The molecule has 2 aliphatic rings. The molecular weight excluding hydrogens is 462 g/mol. The van der Waals surface area contributed by atoms with Gasteiger partial charge in [0.25, 0.3) is 5.56 Å². The summed E-state index contributed by atoms with van der Waals surface area (Å²) in [4.78, 5) is 27.3. The van der Waals surface area contributed by atoms with E-state index in [1.165, 1.54) is 30.4 Å². The van der Waals surface area contributed by atoms with Crippen LogP contribution < -0.4 is 16.2 Å². The number of nitrogens with one attached hydrogen (secondary N) is 2. The van der Waals surface area contributed by atoms with Gasteiger partial charge in [-0.05, 0) is 74.9 Å². The van der Waals surface area contributed by atoms with E-state index < -0.39 is 0 Å². The second-order valence-electron chi connectivity index (χ2n) is 11.7. The Morgan fingerprint density at radius 3 is 2.62 bits per heavy atom. The first-order valence-electron chi connectivity index (χ1n) is 13.3. The molecule has 37 heavy (non-hydrogen) atoms. The van der Waals surface area contributed by atoms with Gasteiger partial charge >= 0.3 is 0 Å². The van der Waals surface area contributed by atoms with Gasteiger partial charge in [0.05, 0.1) is 5.69 Å². The van der Waals surface area contributed by atoms with Crippen LogP contribution in [0.15, 0.2) is 47.5 Å². The number of hydrogen-bond acceptors (Lipinski definition) is 6. The highest BCUT2D eigenvalue weighted by Crippen LogP contribution is 2.45. The third-order valence-corrected chi connectivity index (χ3v) is 7.81. The maximum atomic E-state index is 13.4. The number of aromatic nitrogens is 5. The lowest BCUT2D eigenvalue weighted by molar-refractivity contribution is 0.176. The summed E-state index contributed by atoms with van der Waals surface area (Å²) in [5.74, 6) is 0.472. The molecule has 1 saturated carbocycles. The van der Waals surface area contributed by atoms with Crippen LogP contribution in [0.4, 0.5) is 11.6 Å². The number of anilines is 2. The fraction of sp³-hybridized carbons (Fsp3) is 0.448. The van der Waals surface area contributed by atoms with Crippen LogP contribution in [0.2, 0.25) is 0 Å². The molecule has 3 aromatic heterocycles. The van der Waals surface area contributed by atoms with Crippen molar-refractivity contribution in [2.75, 3.05) is 11.9 Å². The molecule has 1 aliphatic carbocycles. The van der Waals surface area contributed by atoms with E-state index in [0.717, 1.165) is 30.0 Å². The Hall–Kier alpha value is -3.52. The van der Waals surface area contributed by atoms with Crippen LogP contribution in [0.3, 0.4) is 0 Å². The molecule has 0 radical (unpaired) electrons. The molecule has 0 atom stereocenters. The van der Waals surface area contributed by atoms with Gasteiger partial charge in [0.1, 0.15) is 5.39 Å². The summed E-state index contributed by atoms with van der Waals surface area (Å²) in [5, 5.41) is 7.64. The smallest absolute Gasteiger partial charge is 0.278 e. The molecule has 6 rings (SSSR count). The van der Waals surface area contributed by atoms with Crippen molar-refractivity contribution in [2.45, 2.75) is 77.3 Å². The van der Waals surface area contributed by atoms with Crippen LogP contribution in [0, 0.1) is 0 Å². The highest BCUT2D eigenvalue weighted by atomic mass is 16.1. The van der Waals surface area contributed by atoms with E-state index in [2.05, 4.69) is 59.6 Å². The number of hydrogen-bond donors (Lipinski definition) is 2. The molecule has 0 saturated heterocycles. The maximum absolute atomic E-state index is 13.4. The average molecular weight is 498 g/mol. The van der Waals surface area contributed by atoms with E-state index in [-0.39, 0.29) is 22.6 Å². The second-order valence-corrected chi connectivity index (χ2v) is 11.7. The third kappa shape index (κ3) is 3.94. The molecule has 8 nitrogen and oxygen atoms in total. The first-order chi connectivity index (χ1) is 17.7. The number of nitrogens with zero attached hydrogens (tertiary/aromatic N) is 5. The van der Waals surface area contributed by atoms with Crippen LogP contribution in [-0.2, 0) is 17.4 Å². The Morgan fingerprint density at radius 2 is 1.92 bits per heavy atom. The number of fused-ring (bicyclic) bond motifs is 3. The molecule has 0 amide bonds. The van der Waals surface area contributed by atoms with Gasteiger partial charge in [-0.1, -0.05) is 26.8 Å². The summed E-state index contributed by atoms with van der Waals surface area (Å²) in [6, 6.07) is 10.5. The van der Waals surface area contributed by atoms with Crippen LogP contribution in [0.1, 0.15) is 76.7 Å². The topological polar surface area (TPSA) is 89.7 Å². The number of benzene rings is 1. The number of pyridine rings is 1. The zero-order valence-corrected chi connectivity index (χ0v) is 22.3. The summed E-state index contributed by atoms with van der Waals surface area (Å²) in [7, 11) is 0. The lowest BCUT2D eigenvalue weighted by Crippen LogP contribution is -2.51. The van der Waals surface area contributed by atoms with Crippen molar-refractivity contribution < 1.29 is 0 Å². The van der Waals surface area contributed by atoms with E-state index in [0.29, 0.717) is 17.0 Å². The van der Waals surface area contributed by atoms with Gasteiger partial charge in [-0.25, -0.2) is 14.3 Å². The molecule has 4 aromatic rings. The Kier molecular flexibility index (Phi) is 5.49. The number of rotatable bonds is 4. The van der Waals surface area contributed by atoms with Crippen molar-refractivity contribution in [1.29, 1.82) is 0 Å². The first-order valence-corrected chi connectivity index (χ1v) is 13.3. The van der Waals surface area contributed by atoms with Crippen molar-refractivity contribution in [3.63, 3.8) is 0 Å². The van der Waals surface area contributed by atoms with Gasteiger partial charge in [0, 0.05) is 47.3 Å². The van der Waals surface area contributed by atoms with Crippen molar-refractivity contribution in [1.82, 2.24) is 29.6 Å². The zero-order valence-electron chi connectivity index (χ0n) is 22.3. The monoisotopic (exact) mass is 497 g/mol. The third-order valence-electron chi connectivity index (χ3n) is 7.81. The normalized spacial score (nSPS) is 16.7. The minimum Gasteiger partial charge on any atom is -0.324 e. The molecule has 2 N–H and O–H groups in total. The molecule has 8 heteroatoms. The van der Waals surface area contributed by atoms with Gasteiger partial charge in [-0.2, -0.15) is 4.98 Å². The van der Waals surface area contributed by atoms with E-state index in [1.54, 1.807) is 17.1 Å². The van der Waals surface area contributed by atoms with Crippen LogP contribution in [-0.4, -0.2) is 30.9 Å². The van der Waals surface area contributed by atoms with Gasteiger partial charge in [-0.3, -0.25) is 9.78 Å². The van der Waals surface area contributed by atoms with Crippen molar-refractivity contribution >= 4 is 22.7 Å². The first kappa shape index (κ1) is 23.9. The Morgan fingerprint density at radius 1 is 1.11 bits per heavy atom. The van der Waals surface area contributed by atoms with Crippen molar-refractivity contribution in [3.8, 4) is 5.69 Å². The zero-order chi connectivity index (χ0) is 25.9. The fourth-order valence-corrected chi connectivity index (χ4v) is 5.72. The molecule has 1 aliphatic heterocycles. The predicted octanol–water partition coefficient (Wildman–Crippen LogP) is 5.12. The SMILES string of the molecule is CC(C)n1c(=O)c2cnc(Nc3ccc4c(c3)CCNC43CCC3)nc2n1-c1ccnc(C(C)(C)C)c1. The van der Waals surface area contributed by atoms with Crippen LogP contribution >= 0.6 is 0 Å². The second kappa shape index (κ2) is 8.52. The minimum atomic E-state index is -0.121. The summed E-state index contributed by atoms with van der Waals surface area (Å²) in [5.41, 5.74) is 6.13. The quantitative estimate of drug-likeness (QED) is 0.407. The highest BCUT2D eigenvalue weighted by molar-refractivity contribution is 5.77.